The van der Waals surface area contributed by atoms with Gasteiger partial charge in [0.25, 0.3) is 0 Å². The van der Waals surface area contributed by atoms with Crippen LogP contribution in [0.25, 0.3) is 0 Å². The van der Waals surface area contributed by atoms with Gasteiger partial charge in [-0.2, -0.15) is 0 Å². The minimum atomic E-state index is -0.298. The molecule has 0 aromatic carbocycles. The quantitative estimate of drug-likeness (QED) is 0.878. The van der Waals surface area contributed by atoms with Crippen molar-refractivity contribution < 1.29 is 5.11 Å². The van der Waals surface area contributed by atoms with E-state index in [0.29, 0.717) is 5.92 Å². The maximum atomic E-state index is 10.2. The Morgan fingerprint density at radius 1 is 1.67 bits per heavy atom. The van der Waals surface area contributed by atoms with Crippen LogP contribution in [-0.4, -0.2) is 18.2 Å². The summed E-state index contributed by atoms with van der Waals surface area (Å²) in [5.74, 6) is 0.378. The number of aryl methyl sites for hydroxylation is 1. The van der Waals surface area contributed by atoms with Gasteiger partial charge in [0.15, 0.2) is 0 Å². The Balaban J connectivity index is 2.08. The zero-order chi connectivity index (χ0) is 10.8. The molecule has 0 spiro atoms. The van der Waals surface area contributed by atoms with Gasteiger partial charge in [-0.1, -0.05) is 0 Å². The number of halogens is 1. The van der Waals surface area contributed by atoms with Gasteiger partial charge in [-0.25, -0.2) is 0 Å². The summed E-state index contributed by atoms with van der Waals surface area (Å²) in [6.07, 6.45) is 2.00. The van der Waals surface area contributed by atoms with Crippen LogP contribution in [0.5, 0.6) is 0 Å². The van der Waals surface area contributed by atoms with Crippen molar-refractivity contribution in [2.45, 2.75) is 25.9 Å². The SMILES string of the molecule is Cc1sc(C(O)C2CCCNC2)cc1Br. The van der Waals surface area contributed by atoms with Gasteiger partial charge in [-0.15, -0.1) is 11.3 Å². The van der Waals surface area contributed by atoms with E-state index in [1.54, 1.807) is 11.3 Å². The van der Waals surface area contributed by atoms with Gasteiger partial charge in [-0.3, -0.25) is 0 Å². The standard InChI is InChI=1S/C11H16BrNOS/c1-7-9(12)5-10(15-7)11(14)8-3-2-4-13-6-8/h5,8,11,13-14H,2-4,6H2,1H3. The number of hydrogen-bond acceptors (Lipinski definition) is 3. The van der Waals surface area contributed by atoms with Crippen molar-refractivity contribution in [3.63, 3.8) is 0 Å². The predicted octanol–water partition coefficient (Wildman–Crippen LogP) is 2.85. The number of hydrogen-bond donors (Lipinski definition) is 2. The number of piperidine rings is 1. The average molecular weight is 290 g/mol. The van der Waals surface area contributed by atoms with E-state index < -0.39 is 0 Å². The first kappa shape index (κ1) is 11.6. The fraction of sp³-hybridized carbons (Fsp3) is 0.636. The molecule has 2 rings (SSSR count). The van der Waals surface area contributed by atoms with Crippen molar-refractivity contribution in [3.05, 3.63) is 20.3 Å². The molecule has 1 saturated heterocycles. The highest BCUT2D eigenvalue weighted by atomic mass is 79.9. The van der Waals surface area contributed by atoms with Crippen molar-refractivity contribution >= 4 is 27.3 Å². The molecule has 2 nitrogen and oxygen atoms in total. The molecule has 15 heavy (non-hydrogen) atoms. The Morgan fingerprint density at radius 3 is 3.00 bits per heavy atom. The molecule has 4 heteroatoms. The zero-order valence-corrected chi connectivity index (χ0v) is 11.2. The number of aliphatic hydroxyl groups is 1. The summed E-state index contributed by atoms with van der Waals surface area (Å²) < 4.78 is 1.12. The van der Waals surface area contributed by atoms with Gasteiger partial charge < -0.3 is 10.4 Å². The molecule has 0 amide bonds. The molecule has 1 aromatic rings. The van der Waals surface area contributed by atoms with E-state index in [2.05, 4.69) is 34.2 Å². The van der Waals surface area contributed by atoms with Gasteiger partial charge in [0.1, 0.15) is 0 Å². The summed E-state index contributed by atoms with van der Waals surface area (Å²) in [6.45, 7) is 4.11. The molecular weight excluding hydrogens is 274 g/mol. The van der Waals surface area contributed by atoms with Crippen molar-refractivity contribution in [3.8, 4) is 0 Å². The highest BCUT2D eigenvalue weighted by Gasteiger charge is 2.24. The van der Waals surface area contributed by atoms with Crippen LogP contribution in [0.15, 0.2) is 10.5 Å². The lowest BCUT2D eigenvalue weighted by atomic mass is 9.93. The van der Waals surface area contributed by atoms with E-state index in [9.17, 15) is 5.11 Å². The van der Waals surface area contributed by atoms with Crippen molar-refractivity contribution in [2.24, 2.45) is 5.92 Å². The second-order valence-electron chi connectivity index (χ2n) is 4.10. The third-order valence-corrected chi connectivity index (χ3v) is 5.16. The molecule has 1 aromatic heterocycles. The van der Waals surface area contributed by atoms with E-state index in [-0.39, 0.29) is 6.10 Å². The summed E-state index contributed by atoms with van der Waals surface area (Å²) in [5, 5.41) is 13.6. The van der Waals surface area contributed by atoms with Gasteiger partial charge >= 0.3 is 0 Å². The Labute approximate surface area is 103 Å². The Bertz CT molecular complexity index is 314. The molecule has 0 radical (unpaired) electrons. The molecule has 2 unspecified atom stereocenters. The minimum absolute atomic E-state index is 0.298. The molecule has 1 aliphatic heterocycles. The average Bonchev–Trinajstić information content (AvgIpc) is 2.59. The van der Waals surface area contributed by atoms with Crippen LogP contribution in [0.4, 0.5) is 0 Å². The summed E-state index contributed by atoms with van der Waals surface area (Å²) in [4.78, 5) is 2.33. The molecule has 84 valence electrons. The second kappa shape index (κ2) is 4.95. The molecule has 2 N–H and O–H groups in total. The first-order chi connectivity index (χ1) is 7.18. The van der Waals surface area contributed by atoms with Crippen LogP contribution in [0.2, 0.25) is 0 Å². The van der Waals surface area contributed by atoms with Crippen LogP contribution >= 0.6 is 27.3 Å². The summed E-state index contributed by atoms with van der Waals surface area (Å²) in [7, 11) is 0. The van der Waals surface area contributed by atoms with E-state index in [4.69, 9.17) is 0 Å². The Morgan fingerprint density at radius 2 is 2.47 bits per heavy atom. The number of aliphatic hydroxyl groups excluding tert-OH is 1. The smallest absolute Gasteiger partial charge is 0.0922 e. The van der Waals surface area contributed by atoms with Crippen LogP contribution in [0.1, 0.15) is 28.7 Å². The first-order valence-corrected chi connectivity index (χ1v) is 6.94. The third-order valence-electron chi connectivity index (χ3n) is 2.95. The molecule has 1 aliphatic rings. The summed E-state index contributed by atoms with van der Waals surface area (Å²) in [5.41, 5.74) is 0. The lowest BCUT2D eigenvalue weighted by molar-refractivity contribution is 0.0953. The van der Waals surface area contributed by atoms with Gasteiger partial charge in [-0.05, 0) is 48.3 Å². The van der Waals surface area contributed by atoms with Crippen LogP contribution in [0, 0.1) is 12.8 Å². The van der Waals surface area contributed by atoms with Crippen LogP contribution < -0.4 is 5.32 Å². The highest BCUT2D eigenvalue weighted by Crippen LogP contribution is 2.35. The molecule has 0 bridgehead atoms. The number of rotatable bonds is 2. The number of nitrogens with one attached hydrogen (secondary N) is 1. The van der Waals surface area contributed by atoms with E-state index in [1.807, 2.05) is 0 Å². The Kier molecular flexibility index (Phi) is 3.83. The first-order valence-electron chi connectivity index (χ1n) is 5.33. The van der Waals surface area contributed by atoms with Crippen LogP contribution in [0.3, 0.4) is 0 Å². The Hall–Kier alpha value is 0.100. The molecule has 2 atom stereocenters. The molecule has 1 fully saturated rings. The summed E-state index contributed by atoms with van der Waals surface area (Å²) >= 11 is 5.18. The minimum Gasteiger partial charge on any atom is -0.387 e. The molecular formula is C11H16BrNOS. The molecule has 0 aliphatic carbocycles. The maximum Gasteiger partial charge on any atom is 0.0922 e. The van der Waals surface area contributed by atoms with Gasteiger partial charge in [0, 0.05) is 26.7 Å². The van der Waals surface area contributed by atoms with E-state index in [1.165, 1.54) is 11.3 Å². The normalized spacial score (nSPS) is 24.1. The van der Waals surface area contributed by atoms with Crippen molar-refractivity contribution in [1.82, 2.24) is 5.32 Å². The maximum absolute atomic E-state index is 10.2. The van der Waals surface area contributed by atoms with Crippen LogP contribution in [-0.2, 0) is 0 Å². The second-order valence-corrected chi connectivity index (χ2v) is 6.25. The zero-order valence-electron chi connectivity index (χ0n) is 8.79. The monoisotopic (exact) mass is 289 g/mol. The fourth-order valence-corrected chi connectivity index (χ4v) is 3.65. The lowest BCUT2D eigenvalue weighted by Crippen LogP contribution is -2.33. The fourth-order valence-electron chi connectivity index (χ4n) is 2.01. The number of thiophene rings is 1. The largest absolute Gasteiger partial charge is 0.387 e. The highest BCUT2D eigenvalue weighted by molar-refractivity contribution is 9.10. The predicted molar refractivity (Wildman–Crippen MR) is 67.3 cm³/mol. The van der Waals surface area contributed by atoms with Gasteiger partial charge in [0.05, 0.1) is 6.10 Å². The molecule has 0 saturated carbocycles. The molecule has 2 heterocycles. The third kappa shape index (κ3) is 2.61. The lowest BCUT2D eigenvalue weighted by Gasteiger charge is -2.26. The van der Waals surface area contributed by atoms with Gasteiger partial charge in [0.2, 0.25) is 0 Å². The van der Waals surface area contributed by atoms with Crippen molar-refractivity contribution in [1.29, 1.82) is 0 Å². The summed E-state index contributed by atoms with van der Waals surface area (Å²) in [6, 6.07) is 2.05. The topological polar surface area (TPSA) is 32.3 Å². The van der Waals surface area contributed by atoms with Crippen molar-refractivity contribution in [2.75, 3.05) is 13.1 Å². The van der Waals surface area contributed by atoms with E-state index >= 15 is 0 Å². The van der Waals surface area contributed by atoms with E-state index in [0.717, 1.165) is 28.9 Å².